The molecule has 0 saturated heterocycles. The number of para-hydroxylation sites is 1. The third-order valence-electron chi connectivity index (χ3n) is 5.75. The summed E-state index contributed by atoms with van der Waals surface area (Å²) in [5.41, 5.74) is 0.185. The van der Waals surface area contributed by atoms with Crippen LogP contribution in [0.1, 0.15) is 36.5 Å². The van der Waals surface area contributed by atoms with Gasteiger partial charge in [0.05, 0.1) is 18.6 Å². The van der Waals surface area contributed by atoms with E-state index in [9.17, 15) is 9.59 Å². The van der Waals surface area contributed by atoms with E-state index in [0.29, 0.717) is 30.3 Å². The normalized spacial score (nSPS) is 34.2. The summed E-state index contributed by atoms with van der Waals surface area (Å²) in [5.74, 6) is 1.35. The summed E-state index contributed by atoms with van der Waals surface area (Å²) in [6.45, 7) is 2.44. The van der Waals surface area contributed by atoms with Crippen molar-refractivity contribution in [3.8, 4) is 5.75 Å². The van der Waals surface area contributed by atoms with Crippen LogP contribution in [-0.4, -0.2) is 37.0 Å². The standard InChI is InChI=1S/C19H23NO4/c1-11(10-23-2)20-18(22)16-13-7-8-19(17(13)16)9-14(21)12-5-3-4-6-15(12)24-19/h3-6,11,13,16-17H,7-10H2,1-2H3,(H,20,22)/t11-,13+,16-,17-,19+/m0/s1. The van der Waals surface area contributed by atoms with Crippen LogP contribution in [0.3, 0.4) is 0 Å². The molecule has 24 heavy (non-hydrogen) atoms. The van der Waals surface area contributed by atoms with Crippen molar-refractivity contribution in [3.63, 3.8) is 0 Å². The zero-order chi connectivity index (χ0) is 16.9. The number of benzene rings is 1. The number of carbonyl (C=O) groups excluding carboxylic acids is 2. The second-order valence-corrected chi connectivity index (χ2v) is 7.38. The number of hydrogen-bond acceptors (Lipinski definition) is 4. The van der Waals surface area contributed by atoms with Crippen molar-refractivity contribution in [2.24, 2.45) is 17.8 Å². The third kappa shape index (κ3) is 2.34. The fourth-order valence-corrected chi connectivity index (χ4v) is 4.75. The van der Waals surface area contributed by atoms with Gasteiger partial charge >= 0.3 is 0 Å². The Morgan fingerprint density at radius 2 is 2.25 bits per heavy atom. The highest BCUT2D eigenvalue weighted by Gasteiger charge is 2.70. The molecule has 1 heterocycles. The van der Waals surface area contributed by atoms with Gasteiger partial charge in [-0.25, -0.2) is 0 Å². The second kappa shape index (κ2) is 5.59. The van der Waals surface area contributed by atoms with Crippen LogP contribution >= 0.6 is 0 Å². The monoisotopic (exact) mass is 329 g/mol. The largest absolute Gasteiger partial charge is 0.486 e. The Morgan fingerprint density at radius 3 is 3.04 bits per heavy atom. The van der Waals surface area contributed by atoms with E-state index < -0.39 is 5.60 Å². The molecule has 4 rings (SSSR count). The molecule has 1 N–H and O–H groups in total. The summed E-state index contributed by atoms with van der Waals surface area (Å²) in [7, 11) is 1.63. The molecule has 1 amide bonds. The number of ketones is 1. The average Bonchev–Trinajstić information content (AvgIpc) is 3.20. The maximum atomic E-state index is 12.6. The summed E-state index contributed by atoms with van der Waals surface area (Å²) in [6.07, 6.45) is 2.21. The number of ether oxygens (including phenoxy) is 2. The fourth-order valence-electron chi connectivity index (χ4n) is 4.75. The van der Waals surface area contributed by atoms with Gasteiger partial charge in [-0.1, -0.05) is 12.1 Å². The van der Waals surface area contributed by atoms with Gasteiger partial charge in [0.15, 0.2) is 5.78 Å². The lowest BCUT2D eigenvalue weighted by Crippen LogP contribution is -2.45. The summed E-state index contributed by atoms with van der Waals surface area (Å²) >= 11 is 0. The number of carbonyl (C=O) groups is 2. The van der Waals surface area contributed by atoms with Crippen molar-refractivity contribution in [1.82, 2.24) is 5.32 Å². The Kier molecular flexibility index (Phi) is 3.64. The highest BCUT2D eigenvalue weighted by atomic mass is 16.5. The van der Waals surface area contributed by atoms with Crippen molar-refractivity contribution in [2.45, 2.75) is 37.8 Å². The summed E-state index contributed by atoms with van der Waals surface area (Å²) < 4.78 is 11.4. The number of fused-ring (bicyclic) bond motifs is 3. The minimum absolute atomic E-state index is 0.00518. The highest BCUT2D eigenvalue weighted by Crippen LogP contribution is 2.65. The molecule has 0 aromatic heterocycles. The van der Waals surface area contributed by atoms with E-state index in [0.717, 1.165) is 12.8 Å². The van der Waals surface area contributed by atoms with Crippen LogP contribution in [0.25, 0.3) is 0 Å². The van der Waals surface area contributed by atoms with E-state index >= 15 is 0 Å². The Balaban J connectivity index is 1.51. The molecule has 2 fully saturated rings. The van der Waals surface area contributed by atoms with Gasteiger partial charge in [-0.15, -0.1) is 0 Å². The van der Waals surface area contributed by atoms with Crippen molar-refractivity contribution in [2.75, 3.05) is 13.7 Å². The molecule has 3 aliphatic rings. The maximum absolute atomic E-state index is 12.6. The van der Waals surface area contributed by atoms with Crippen LogP contribution < -0.4 is 10.1 Å². The van der Waals surface area contributed by atoms with E-state index in [4.69, 9.17) is 9.47 Å². The number of rotatable bonds is 4. The van der Waals surface area contributed by atoms with Gasteiger partial charge in [-0.05, 0) is 37.8 Å². The fraction of sp³-hybridized carbons (Fsp3) is 0.579. The van der Waals surface area contributed by atoms with Gasteiger partial charge in [0.1, 0.15) is 11.4 Å². The minimum Gasteiger partial charge on any atom is -0.486 e. The van der Waals surface area contributed by atoms with Crippen molar-refractivity contribution >= 4 is 11.7 Å². The van der Waals surface area contributed by atoms with Crippen molar-refractivity contribution < 1.29 is 19.1 Å². The molecule has 128 valence electrons. The molecule has 1 aromatic rings. The van der Waals surface area contributed by atoms with Crippen LogP contribution in [-0.2, 0) is 9.53 Å². The molecule has 5 heteroatoms. The first-order chi connectivity index (χ1) is 11.6. The van der Waals surface area contributed by atoms with Crippen LogP contribution in [0.2, 0.25) is 0 Å². The molecule has 0 bridgehead atoms. The van der Waals surface area contributed by atoms with Crippen LogP contribution in [0.4, 0.5) is 0 Å². The molecule has 0 unspecified atom stereocenters. The predicted octanol–water partition coefficient (Wildman–Crippen LogP) is 2.20. The minimum atomic E-state index is -0.484. The Morgan fingerprint density at radius 1 is 1.46 bits per heavy atom. The third-order valence-corrected chi connectivity index (χ3v) is 5.75. The number of nitrogens with one attached hydrogen (secondary N) is 1. The first kappa shape index (κ1) is 15.6. The van der Waals surface area contributed by atoms with Gasteiger partial charge in [-0.3, -0.25) is 9.59 Å². The van der Waals surface area contributed by atoms with E-state index in [1.54, 1.807) is 7.11 Å². The van der Waals surface area contributed by atoms with Crippen molar-refractivity contribution in [1.29, 1.82) is 0 Å². The van der Waals surface area contributed by atoms with Gasteiger partial charge < -0.3 is 14.8 Å². The Labute approximate surface area is 141 Å². The van der Waals surface area contributed by atoms with Crippen LogP contribution in [0.5, 0.6) is 5.75 Å². The number of methoxy groups -OCH3 is 1. The quantitative estimate of drug-likeness (QED) is 0.920. The SMILES string of the molecule is COC[C@H](C)NC(=O)[C@H]1[C@H]2CC[C@@]3(CC(=O)c4ccccc4O3)[C@@H]21. The molecule has 1 spiro atoms. The van der Waals surface area contributed by atoms with Gasteiger partial charge in [0.25, 0.3) is 0 Å². The molecule has 1 aliphatic heterocycles. The molecular formula is C19H23NO4. The lowest BCUT2D eigenvalue weighted by atomic mass is 9.84. The average molecular weight is 329 g/mol. The number of hydrogen-bond donors (Lipinski definition) is 1. The van der Waals surface area contributed by atoms with Crippen molar-refractivity contribution in [3.05, 3.63) is 29.8 Å². The van der Waals surface area contributed by atoms with Gasteiger partial charge in [-0.2, -0.15) is 0 Å². The molecular weight excluding hydrogens is 306 g/mol. The Hall–Kier alpha value is -1.88. The van der Waals surface area contributed by atoms with Crippen LogP contribution in [0, 0.1) is 17.8 Å². The molecule has 2 aliphatic carbocycles. The van der Waals surface area contributed by atoms with E-state index in [-0.39, 0.29) is 29.6 Å². The zero-order valence-electron chi connectivity index (χ0n) is 14.1. The lowest BCUT2D eigenvalue weighted by molar-refractivity contribution is -0.125. The second-order valence-electron chi connectivity index (χ2n) is 7.38. The van der Waals surface area contributed by atoms with Crippen LogP contribution in [0.15, 0.2) is 24.3 Å². The topological polar surface area (TPSA) is 64.6 Å². The highest BCUT2D eigenvalue weighted by molar-refractivity contribution is 6.00. The molecule has 0 radical (unpaired) electrons. The molecule has 2 saturated carbocycles. The first-order valence-corrected chi connectivity index (χ1v) is 8.66. The van der Waals surface area contributed by atoms with E-state index in [1.165, 1.54) is 0 Å². The summed E-state index contributed by atoms with van der Waals surface area (Å²) in [5, 5.41) is 3.02. The number of Topliss-reactive ketones (excluding diaryl/α,β-unsaturated/α-hetero) is 1. The lowest BCUT2D eigenvalue weighted by Gasteiger charge is -2.37. The van der Waals surface area contributed by atoms with Gasteiger partial charge in [0.2, 0.25) is 5.91 Å². The zero-order valence-corrected chi connectivity index (χ0v) is 14.1. The first-order valence-electron chi connectivity index (χ1n) is 8.66. The molecule has 5 atom stereocenters. The number of amides is 1. The molecule has 5 nitrogen and oxygen atoms in total. The maximum Gasteiger partial charge on any atom is 0.224 e. The van der Waals surface area contributed by atoms with E-state index in [1.807, 2.05) is 31.2 Å². The summed E-state index contributed by atoms with van der Waals surface area (Å²) in [6, 6.07) is 7.43. The van der Waals surface area contributed by atoms with Gasteiger partial charge in [0, 0.05) is 25.0 Å². The molecule has 1 aromatic carbocycles. The smallest absolute Gasteiger partial charge is 0.224 e. The predicted molar refractivity (Wildman–Crippen MR) is 87.9 cm³/mol. The summed E-state index contributed by atoms with van der Waals surface area (Å²) in [4.78, 5) is 25.1. The Bertz CT molecular complexity index is 688. The van der Waals surface area contributed by atoms with E-state index in [2.05, 4.69) is 5.32 Å².